The van der Waals surface area contributed by atoms with Crippen LogP contribution in [-0.2, 0) is 9.53 Å². The highest BCUT2D eigenvalue weighted by atomic mass is 35.5. The highest BCUT2D eigenvalue weighted by molar-refractivity contribution is 8.00. The maximum atomic E-state index is 12.7. The monoisotopic (exact) mass is 399 g/mol. The fourth-order valence-electron chi connectivity index (χ4n) is 2.55. The first-order chi connectivity index (χ1) is 12.0. The average molecular weight is 400 g/mol. The Balaban J connectivity index is 1.77. The van der Waals surface area contributed by atoms with E-state index in [4.69, 9.17) is 32.4 Å². The molecule has 0 radical (unpaired) electrons. The molecule has 0 saturated carbocycles. The van der Waals surface area contributed by atoms with E-state index in [0.717, 1.165) is 0 Å². The first kappa shape index (κ1) is 18.2. The molecule has 1 atom stereocenters. The zero-order valence-corrected chi connectivity index (χ0v) is 15.7. The first-order valence-corrected chi connectivity index (χ1v) is 9.34. The van der Waals surface area contributed by atoms with Gasteiger partial charge in [0.05, 0.1) is 12.1 Å². The van der Waals surface area contributed by atoms with Crippen LogP contribution in [0.2, 0.25) is 10.0 Å². The van der Waals surface area contributed by atoms with Crippen LogP contribution < -0.4 is 0 Å². The smallest absolute Gasteiger partial charge is 0.320 e. The summed E-state index contributed by atoms with van der Waals surface area (Å²) in [6.07, 6.45) is 0. The van der Waals surface area contributed by atoms with Crippen LogP contribution in [0.25, 0.3) is 11.3 Å². The molecule has 1 aromatic heterocycles. The summed E-state index contributed by atoms with van der Waals surface area (Å²) in [5, 5.41) is 0.597. The number of carbonyl (C=O) groups is 2. The lowest BCUT2D eigenvalue weighted by Crippen LogP contribution is -2.44. The van der Waals surface area contributed by atoms with Crippen LogP contribution >= 0.6 is 35.0 Å². The Bertz CT molecular complexity index is 808. The lowest BCUT2D eigenvalue weighted by molar-refractivity contribution is -0.140. The molecule has 1 saturated heterocycles. The zero-order valence-electron chi connectivity index (χ0n) is 13.3. The van der Waals surface area contributed by atoms with Gasteiger partial charge in [-0.3, -0.25) is 9.59 Å². The Morgan fingerprint density at radius 2 is 2.08 bits per heavy atom. The Hall–Kier alpha value is -1.63. The average Bonchev–Trinajstić information content (AvgIpc) is 3.10. The van der Waals surface area contributed by atoms with Crippen molar-refractivity contribution in [3.05, 3.63) is 46.1 Å². The summed E-state index contributed by atoms with van der Waals surface area (Å²) in [6, 6.07) is 8.36. The number of furan rings is 1. The van der Waals surface area contributed by atoms with Crippen LogP contribution in [0.4, 0.5) is 0 Å². The minimum absolute atomic E-state index is 0.205. The van der Waals surface area contributed by atoms with Crippen molar-refractivity contribution in [2.45, 2.75) is 5.25 Å². The van der Waals surface area contributed by atoms with E-state index < -0.39 is 0 Å². The molecule has 0 bridgehead atoms. The van der Waals surface area contributed by atoms with Crippen LogP contribution in [0.5, 0.6) is 0 Å². The minimum Gasteiger partial charge on any atom is -0.468 e. The molecule has 132 valence electrons. The molecule has 25 heavy (non-hydrogen) atoms. The molecule has 1 aromatic carbocycles. The molecule has 2 heterocycles. The van der Waals surface area contributed by atoms with E-state index in [1.54, 1.807) is 35.2 Å². The molecular weight excluding hydrogens is 385 g/mol. The van der Waals surface area contributed by atoms with Crippen LogP contribution in [0.15, 0.2) is 34.7 Å². The minimum atomic E-state index is -0.372. The lowest BCUT2D eigenvalue weighted by atomic mass is 10.2. The van der Waals surface area contributed by atoms with E-state index in [-0.39, 0.29) is 22.9 Å². The quantitative estimate of drug-likeness (QED) is 0.730. The van der Waals surface area contributed by atoms with Gasteiger partial charge in [-0.05, 0) is 30.3 Å². The second-order valence-corrected chi connectivity index (χ2v) is 7.58. The Labute approximate surface area is 159 Å². The van der Waals surface area contributed by atoms with Crippen molar-refractivity contribution in [3.63, 3.8) is 0 Å². The number of halogens is 2. The molecule has 0 aliphatic carbocycles. The second kappa shape index (κ2) is 7.72. The van der Waals surface area contributed by atoms with Gasteiger partial charge < -0.3 is 14.1 Å². The summed E-state index contributed by atoms with van der Waals surface area (Å²) in [5.74, 6) is 0.779. The topological polar surface area (TPSA) is 59.8 Å². The largest absolute Gasteiger partial charge is 0.468 e. The van der Waals surface area contributed by atoms with Crippen LogP contribution in [0.1, 0.15) is 10.6 Å². The predicted octanol–water partition coefficient (Wildman–Crippen LogP) is 3.98. The normalized spacial score (nSPS) is 17.4. The zero-order chi connectivity index (χ0) is 18.0. The third kappa shape index (κ3) is 3.97. The highest BCUT2D eigenvalue weighted by Crippen LogP contribution is 2.32. The van der Waals surface area contributed by atoms with Crippen molar-refractivity contribution >= 4 is 46.8 Å². The van der Waals surface area contributed by atoms with Gasteiger partial charge in [-0.15, -0.1) is 11.8 Å². The summed E-state index contributed by atoms with van der Waals surface area (Å²) in [6.45, 7) is 0.850. The summed E-state index contributed by atoms with van der Waals surface area (Å²) in [7, 11) is 1.35. The molecule has 0 spiro atoms. The van der Waals surface area contributed by atoms with Gasteiger partial charge in [0.1, 0.15) is 11.0 Å². The molecule has 8 heteroatoms. The Morgan fingerprint density at radius 3 is 2.80 bits per heavy atom. The summed E-state index contributed by atoms with van der Waals surface area (Å²) >= 11 is 13.6. The van der Waals surface area contributed by atoms with Gasteiger partial charge in [-0.2, -0.15) is 0 Å². The number of nitrogens with zero attached hydrogens (tertiary/aromatic N) is 1. The van der Waals surface area contributed by atoms with E-state index in [9.17, 15) is 9.59 Å². The van der Waals surface area contributed by atoms with Crippen molar-refractivity contribution in [2.75, 3.05) is 26.0 Å². The highest BCUT2D eigenvalue weighted by Gasteiger charge is 2.31. The van der Waals surface area contributed by atoms with Crippen molar-refractivity contribution in [1.29, 1.82) is 0 Å². The molecular formula is C17H15Cl2NO4S. The molecule has 0 unspecified atom stereocenters. The Morgan fingerprint density at radius 1 is 1.28 bits per heavy atom. The van der Waals surface area contributed by atoms with Gasteiger partial charge >= 0.3 is 5.97 Å². The van der Waals surface area contributed by atoms with Crippen molar-refractivity contribution in [3.8, 4) is 11.3 Å². The van der Waals surface area contributed by atoms with Gasteiger partial charge in [-0.25, -0.2) is 0 Å². The van der Waals surface area contributed by atoms with Gasteiger partial charge in [0.15, 0.2) is 5.76 Å². The summed E-state index contributed by atoms with van der Waals surface area (Å²) in [5.41, 5.74) is 0.659. The van der Waals surface area contributed by atoms with E-state index in [2.05, 4.69) is 0 Å². The van der Waals surface area contributed by atoms with E-state index >= 15 is 0 Å². The molecule has 1 aliphatic rings. The number of esters is 1. The van der Waals surface area contributed by atoms with Crippen molar-refractivity contribution < 1.29 is 18.7 Å². The van der Waals surface area contributed by atoms with Gasteiger partial charge in [0.2, 0.25) is 0 Å². The number of amides is 1. The SMILES string of the molecule is COC(=O)[C@@H]1CN(C(=O)c2ccc(-c3ccc(Cl)cc3Cl)o2)CCS1. The maximum Gasteiger partial charge on any atom is 0.320 e. The molecule has 0 N–H and O–H groups in total. The Kier molecular flexibility index (Phi) is 5.61. The number of carbonyl (C=O) groups excluding carboxylic acids is 2. The lowest BCUT2D eigenvalue weighted by Gasteiger charge is -2.30. The summed E-state index contributed by atoms with van der Waals surface area (Å²) in [4.78, 5) is 26.0. The number of hydrogen-bond acceptors (Lipinski definition) is 5. The van der Waals surface area contributed by atoms with Gasteiger partial charge in [0.25, 0.3) is 5.91 Å². The standard InChI is InChI=1S/C17H15Cl2NO4S/c1-23-17(22)15-9-20(6-7-25-15)16(21)14-5-4-13(24-14)11-3-2-10(18)8-12(11)19/h2-5,8,15H,6-7,9H2,1H3/t15-/m0/s1. The number of thioether (sulfide) groups is 1. The van der Waals surface area contributed by atoms with Crippen LogP contribution in [0.3, 0.4) is 0 Å². The summed E-state index contributed by atoms with van der Waals surface area (Å²) < 4.78 is 10.4. The van der Waals surface area contributed by atoms with E-state index in [0.29, 0.717) is 40.2 Å². The van der Waals surface area contributed by atoms with Crippen molar-refractivity contribution in [2.24, 2.45) is 0 Å². The fourth-order valence-corrected chi connectivity index (χ4v) is 4.18. The van der Waals surface area contributed by atoms with E-state index in [1.807, 2.05) is 0 Å². The number of benzene rings is 1. The molecule has 3 rings (SSSR count). The fraction of sp³-hybridized carbons (Fsp3) is 0.294. The van der Waals surface area contributed by atoms with Crippen molar-refractivity contribution in [1.82, 2.24) is 4.90 Å². The van der Waals surface area contributed by atoms with Crippen LogP contribution in [0, 0.1) is 0 Å². The first-order valence-electron chi connectivity index (χ1n) is 7.53. The molecule has 5 nitrogen and oxygen atoms in total. The van der Waals surface area contributed by atoms with Crippen LogP contribution in [-0.4, -0.2) is 48.0 Å². The molecule has 1 fully saturated rings. The number of hydrogen-bond donors (Lipinski definition) is 0. The number of rotatable bonds is 3. The maximum absolute atomic E-state index is 12.7. The predicted molar refractivity (Wildman–Crippen MR) is 98.3 cm³/mol. The molecule has 1 aliphatic heterocycles. The third-order valence-corrected chi connectivity index (χ3v) is 5.54. The number of methoxy groups -OCH3 is 1. The number of ether oxygens (including phenoxy) is 1. The molecule has 1 amide bonds. The van der Waals surface area contributed by atoms with Gasteiger partial charge in [0, 0.05) is 29.4 Å². The second-order valence-electron chi connectivity index (χ2n) is 5.42. The van der Waals surface area contributed by atoms with E-state index in [1.165, 1.54) is 18.9 Å². The van der Waals surface area contributed by atoms with Gasteiger partial charge in [-0.1, -0.05) is 23.2 Å². The molecule has 2 aromatic rings. The third-order valence-electron chi connectivity index (χ3n) is 3.83.